The third-order valence-electron chi connectivity index (χ3n) is 4.65. The number of esters is 1. The van der Waals surface area contributed by atoms with Gasteiger partial charge in [0.25, 0.3) is 5.91 Å². The molecule has 0 N–H and O–H groups in total. The van der Waals surface area contributed by atoms with Crippen molar-refractivity contribution in [3.63, 3.8) is 0 Å². The van der Waals surface area contributed by atoms with Gasteiger partial charge in [0.2, 0.25) is 0 Å². The highest BCUT2D eigenvalue weighted by atomic mass is 16.6. The van der Waals surface area contributed by atoms with E-state index in [0.29, 0.717) is 12.2 Å². The van der Waals surface area contributed by atoms with E-state index in [1.807, 2.05) is 50.3 Å². The van der Waals surface area contributed by atoms with Crippen LogP contribution in [0.2, 0.25) is 0 Å². The number of nitrogens with zero attached hydrogens (tertiary/aromatic N) is 1. The van der Waals surface area contributed by atoms with Crippen molar-refractivity contribution in [1.29, 1.82) is 0 Å². The lowest BCUT2D eigenvalue weighted by Gasteiger charge is -2.39. The Morgan fingerprint density at radius 2 is 2.00 bits per heavy atom. The maximum absolute atomic E-state index is 12.8. The van der Waals surface area contributed by atoms with Crippen LogP contribution >= 0.6 is 0 Å². The standard InChI is InChI=1S/C19H23NO4/c1-12(2)16(24-14(4)21)19-10-13(3)17(22)20(19)18(23-11-19)15-8-6-5-7-9-15/h5-10,12,16,18H,11H2,1-4H3/t16-,18+,19-/m0/s1. The van der Waals surface area contributed by atoms with Crippen LogP contribution in [0.4, 0.5) is 0 Å². The minimum atomic E-state index is -0.749. The molecule has 5 heteroatoms. The minimum absolute atomic E-state index is 0.0458. The van der Waals surface area contributed by atoms with Gasteiger partial charge in [0, 0.05) is 18.1 Å². The Hall–Kier alpha value is -2.14. The molecule has 0 aliphatic carbocycles. The monoisotopic (exact) mass is 329 g/mol. The fraction of sp³-hybridized carbons (Fsp3) is 0.474. The number of rotatable bonds is 4. The van der Waals surface area contributed by atoms with Crippen LogP contribution < -0.4 is 0 Å². The molecule has 1 aromatic rings. The SMILES string of the molecule is CC(=O)O[C@@H](C(C)C)[C@@]12C=C(C)C(=O)N1[C@@H](c1ccccc1)OC2. The summed E-state index contributed by atoms with van der Waals surface area (Å²) in [6, 6.07) is 9.66. The van der Waals surface area contributed by atoms with E-state index in [4.69, 9.17) is 9.47 Å². The van der Waals surface area contributed by atoms with Gasteiger partial charge in [0.05, 0.1) is 6.61 Å². The van der Waals surface area contributed by atoms with Crippen molar-refractivity contribution in [2.45, 2.75) is 45.6 Å². The molecule has 2 aliphatic rings. The van der Waals surface area contributed by atoms with Crippen molar-refractivity contribution in [1.82, 2.24) is 4.90 Å². The third-order valence-corrected chi connectivity index (χ3v) is 4.65. The zero-order valence-corrected chi connectivity index (χ0v) is 14.5. The molecule has 0 spiro atoms. The molecule has 0 unspecified atom stereocenters. The van der Waals surface area contributed by atoms with Gasteiger partial charge in [0.15, 0.2) is 6.23 Å². The van der Waals surface area contributed by atoms with Crippen LogP contribution in [-0.2, 0) is 19.1 Å². The third kappa shape index (κ3) is 2.53. The molecule has 0 aromatic heterocycles. The summed E-state index contributed by atoms with van der Waals surface area (Å²) in [5, 5.41) is 0. The molecule has 3 atom stereocenters. The summed E-state index contributed by atoms with van der Waals surface area (Å²) in [5.41, 5.74) is 0.833. The lowest BCUT2D eigenvalue weighted by atomic mass is 9.85. The second kappa shape index (κ2) is 6.06. The first-order valence-electron chi connectivity index (χ1n) is 8.23. The molecule has 128 valence electrons. The Kier molecular flexibility index (Phi) is 4.22. The summed E-state index contributed by atoms with van der Waals surface area (Å²) in [6.07, 6.45) is 0.987. The van der Waals surface area contributed by atoms with Crippen molar-refractivity contribution in [2.75, 3.05) is 6.61 Å². The first-order chi connectivity index (χ1) is 11.4. The lowest BCUT2D eigenvalue weighted by Crippen LogP contribution is -2.56. The van der Waals surface area contributed by atoms with Crippen molar-refractivity contribution in [3.05, 3.63) is 47.5 Å². The van der Waals surface area contributed by atoms with Crippen molar-refractivity contribution in [3.8, 4) is 0 Å². The molecule has 2 aliphatic heterocycles. The van der Waals surface area contributed by atoms with Gasteiger partial charge in [-0.2, -0.15) is 0 Å². The fourth-order valence-electron chi connectivity index (χ4n) is 3.77. The molecule has 1 fully saturated rings. The molecule has 0 saturated carbocycles. The van der Waals surface area contributed by atoms with Crippen LogP contribution in [0.25, 0.3) is 0 Å². The maximum Gasteiger partial charge on any atom is 0.303 e. The van der Waals surface area contributed by atoms with E-state index in [0.717, 1.165) is 5.56 Å². The summed E-state index contributed by atoms with van der Waals surface area (Å²) >= 11 is 0. The van der Waals surface area contributed by atoms with Gasteiger partial charge >= 0.3 is 5.97 Å². The van der Waals surface area contributed by atoms with Gasteiger partial charge in [-0.1, -0.05) is 44.2 Å². The molecule has 0 bridgehead atoms. The molecular weight excluding hydrogens is 306 g/mol. The molecule has 2 heterocycles. The van der Waals surface area contributed by atoms with Crippen LogP contribution in [0.15, 0.2) is 42.0 Å². The minimum Gasteiger partial charge on any atom is -0.459 e. The molecular formula is C19H23NO4. The highest BCUT2D eigenvalue weighted by molar-refractivity contribution is 5.97. The zero-order chi connectivity index (χ0) is 17.5. The molecule has 0 radical (unpaired) electrons. The van der Waals surface area contributed by atoms with Gasteiger partial charge in [-0.25, -0.2) is 0 Å². The summed E-state index contributed by atoms with van der Waals surface area (Å²) in [6.45, 7) is 7.49. The van der Waals surface area contributed by atoms with Gasteiger partial charge in [-0.15, -0.1) is 0 Å². The Bertz CT molecular complexity index is 682. The second-order valence-corrected chi connectivity index (χ2v) is 6.84. The van der Waals surface area contributed by atoms with E-state index < -0.39 is 17.9 Å². The van der Waals surface area contributed by atoms with Crippen LogP contribution in [-0.4, -0.2) is 35.0 Å². The Labute approximate surface area is 142 Å². The zero-order valence-electron chi connectivity index (χ0n) is 14.5. The number of carbonyl (C=O) groups excluding carboxylic acids is 2. The molecule has 1 aromatic carbocycles. The van der Waals surface area contributed by atoms with E-state index >= 15 is 0 Å². The highest BCUT2D eigenvalue weighted by Gasteiger charge is 2.59. The molecule has 1 saturated heterocycles. The largest absolute Gasteiger partial charge is 0.459 e. The first kappa shape index (κ1) is 16.7. The van der Waals surface area contributed by atoms with E-state index in [2.05, 4.69) is 0 Å². The van der Waals surface area contributed by atoms with E-state index in [-0.39, 0.29) is 17.8 Å². The van der Waals surface area contributed by atoms with E-state index in [1.165, 1.54) is 6.92 Å². The number of benzene rings is 1. The van der Waals surface area contributed by atoms with E-state index in [9.17, 15) is 9.59 Å². The van der Waals surface area contributed by atoms with Gasteiger partial charge in [0.1, 0.15) is 11.6 Å². The Morgan fingerprint density at radius 3 is 2.58 bits per heavy atom. The molecule has 1 amide bonds. The summed E-state index contributed by atoms with van der Waals surface area (Å²) < 4.78 is 11.6. The highest BCUT2D eigenvalue weighted by Crippen LogP contribution is 2.47. The number of amides is 1. The van der Waals surface area contributed by atoms with Gasteiger partial charge in [-0.3, -0.25) is 14.5 Å². The van der Waals surface area contributed by atoms with Crippen molar-refractivity contribution >= 4 is 11.9 Å². The maximum atomic E-state index is 12.8. The van der Waals surface area contributed by atoms with Crippen molar-refractivity contribution in [2.24, 2.45) is 5.92 Å². The summed E-state index contributed by atoms with van der Waals surface area (Å²) in [5.74, 6) is -0.375. The summed E-state index contributed by atoms with van der Waals surface area (Å²) in [7, 11) is 0. The average molecular weight is 329 g/mol. The molecule has 3 rings (SSSR count). The Balaban J connectivity index is 2.05. The second-order valence-electron chi connectivity index (χ2n) is 6.84. The lowest BCUT2D eigenvalue weighted by molar-refractivity contribution is -0.158. The van der Waals surface area contributed by atoms with Crippen LogP contribution in [0.1, 0.15) is 39.5 Å². The average Bonchev–Trinajstić information content (AvgIpc) is 3.02. The molecule has 5 nitrogen and oxygen atoms in total. The first-order valence-corrected chi connectivity index (χ1v) is 8.23. The Morgan fingerprint density at radius 1 is 1.33 bits per heavy atom. The van der Waals surface area contributed by atoms with Crippen LogP contribution in [0.3, 0.4) is 0 Å². The smallest absolute Gasteiger partial charge is 0.303 e. The van der Waals surface area contributed by atoms with Gasteiger partial charge < -0.3 is 9.47 Å². The predicted molar refractivity (Wildman–Crippen MR) is 88.9 cm³/mol. The predicted octanol–water partition coefficient (Wildman–Crippen LogP) is 2.83. The fourth-order valence-corrected chi connectivity index (χ4v) is 3.77. The number of hydrogen-bond donors (Lipinski definition) is 0. The quantitative estimate of drug-likeness (QED) is 0.797. The topological polar surface area (TPSA) is 55.8 Å². The van der Waals surface area contributed by atoms with Crippen LogP contribution in [0, 0.1) is 5.92 Å². The summed E-state index contributed by atoms with van der Waals surface area (Å²) in [4.78, 5) is 26.2. The number of hydrogen-bond acceptors (Lipinski definition) is 4. The van der Waals surface area contributed by atoms with Crippen LogP contribution in [0.5, 0.6) is 0 Å². The number of ether oxygens (including phenoxy) is 2. The number of fused-ring (bicyclic) bond motifs is 1. The molecule has 24 heavy (non-hydrogen) atoms. The van der Waals surface area contributed by atoms with E-state index in [1.54, 1.807) is 11.8 Å². The number of carbonyl (C=O) groups is 2. The normalized spacial score (nSPS) is 27.2. The van der Waals surface area contributed by atoms with Crippen molar-refractivity contribution < 1.29 is 19.1 Å². The van der Waals surface area contributed by atoms with Gasteiger partial charge in [-0.05, 0) is 18.9 Å².